The quantitative estimate of drug-likeness (QED) is 0.452. The predicted octanol–water partition coefficient (Wildman–Crippen LogP) is 3.80. The van der Waals surface area contributed by atoms with E-state index in [4.69, 9.17) is 9.94 Å². The fourth-order valence-corrected chi connectivity index (χ4v) is 3.90. The minimum atomic E-state index is -0.750. The van der Waals surface area contributed by atoms with Gasteiger partial charge in [0, 0.05) is 7.05 Å². The molecule has 1 aliphatic carbocycles. The number of nitrogens with zero attached hydrogens (tertiary/aromatic N) is 1. The maximum Gasteiger partial charge on any atom is 0.265 e. The molecule has 0 saturated heterocycles. The van der Waals surface area contributed by atoms with E-state index in [0.717, 1.165) is 29.7 Å². The van der Waals surface area contributed by atoms with Crippen LogP contribution in [0.5, 0.6) is 5.75 Å². The molecule has 0 spiro atoms. The zero-order chi connectivity index (χ0) is 22.0. The van der Waals surface area contributed by atoms with Crippen LogP contribution in [0.4, 0.5) is 0 Å². The summed E-state index contributed by atoms with van der Waals surface area (Å²) in [6.45, 7) is 2.05. The van der Waals surface area contributed by atoms with E-state index in [1.807, 2.05) is 36.4 Å². The van der Waals surface area contributed by atoms with Crippen LogP contribution in [0.15, 0.2) is 66.7 Å². The number of hydrogen-bond acceptors (Lipinski definition) is 4. The molecule has 4 rings (SSSR count). The van der Waals surface area contributed by atoms with Crippen molar-refractivity contribution < 1.29 is 19.5 Å². The molecule has 2 amide bonds. The molecule has 31 heavy (non-hydrogen) atoms. The van der Waals surface area contributed by atoms with Crippen molar-refractivity contribution in [1.29, 1.82) is 0 Å². The first-order chi connectivity index (χ1) is 14.9. The molecular formula is C25H26N2O4. The highest BCUT2D eigenvalue weighted by Crippen LogP contribution is 2.50. The number of carbonyl (C=O) groups is 2. The average Bonchev–Trinajstić information content (AvgIpc) is 3.63. The number of carbonyl (C=O) groups excluding carboxylic acids is 2. The Morgan fingerprint density at radius 2 is 1.74 bits per heavy atom. The summed E-state index contributed by atoms with van der Waals surface area (Å²) < 4.78 is 5.95. The van der Waals surface area contributed by atoms with Crippen LogP contribution in [0.25, 0.3) is 10.8 Å². The largest absolute Gasteiger partial charge is 0.489 e. The predicted molar refractivity (Wildman–Crippen MR) is 118 cm³/mol. The van der Waals surface area contributed by atoms with Gasteiger partial charge in [-0.25, -0.2) is 5.48 Å². The SMILES string of the molecule is C[C@@H](C(=O)NO)N(C)C(=O)C1(c2ccc(OCc3ccc4ccccc4c3)cc2)CC1. The number of amides is 2. The van der Waals surface area contributed by atoms with Crippen LogP contribution in [0, 0.1) is 0 Å². The Morgan fingerprint density at radius 1 is 1.06 bits per heavy atom. The minimum absolute atomic E-state index is 0.117. The first-order valence-corrected chi connectivity index (χ1v) is 10.4. The molecule has 0 bridgehead atoms. The van der Waals surface area contributed by atoms with Crippen LogP contribution < -0.4 is 10.2 Å². The maximum atomic E-state index is 13.0. The number of ether oxygens (including phenoxy) is 1. The molecule has 0 radical (unpaired) electrons. The van der Waals surface area contributed by atoms with E-state index < -0.39 is 17.4 Å². The molecule has 3 aromatic rings. The molecule has 160 valence electrons. The highest BCUT2D eigenvalue weighted by Gasteiger charge is 2.53. The van der Waals surface area contributed by atoms with E-state index in [-0.39, 0.29) is 5.91 Å². The van der Waals surface area contributed by atoms with Crippen molar-refractivity contribution >= 4 is 22.6 Å². The molecule has 1 fully saturated rings. The molecule has 2 N–H and O–H groups in total. The van der Waals surface area contributed by atoms with Gasteiger partial charge in [0.15, 0.2) is 0 Å². The third-order valence-electron chi connectivity index (χ3n) is 6.18. The van der Waals surface area contributed by atoms with Crippen LogP contribution >= 0.6 is 0 Å². The molecule has 0 aromatic heterocycles. The number of hydroxylamine groups is 1. The monoisotopic (exact) mass is 418 g/mol. The Balaban J connectivity index is 1.42. The van der Waals surface area contributed by atoms with Gasteiger partial charge in [-0.05, 0) is 59.9 Å². The van der Waals surface area contributed by atoms with Crippen molar-refractivity contribution in [3.05, 3.63) is 77.9 Å². The summed E-state index contributed by atoms with van der Waals surface area (Å²) >= 11 is 0. The third kappa shape index (κ3) is 4.11. The van der Waals surface area contributed by atoms with Gasteiger partial charge in [0.25, 0.3) is 5.91 Å². The molecule has 1 aliphatic rings. The van der Waals surface area contributed by atoms with E-state index >= 15 is 0 Å². The fraction of sp³-hybridized carbons (Fsp3) is 0.280. The smallest absolute Gasteiger partial charge is 0.265 e. The normalized spacial score (nSPS) is 15.2. The zero-order valence-corrected chi connectivity index (χ0v) is 17.7. The average molecular weight is 418 g/mol. The molecule has 1 saturated carbocycles. The van der Waals surface area contributed by atoms with E-state index in [1.165, 1.54) is 15.7 Å². The summed E-state index contributed by atoms with van der Waals surface area (Å²) in [5.74, 6) is 0.0130. The second-order valence-corrected chi connectivity index (χ2v) is 8.14. The highest BCUT2D eigenvalue weighted by molar-refractivity contribution is 5.94. The Kier molecular flexibility index (Phi) is 5.65. The molecule has 6 heteroatoms. The van der Waals surface area contributed by atoms with Crippen molar-refractivity contribution in [2.75, 3.05) is 7.05 Å². The van der Waals surface area contributed by atoms with Gasteiger partial charge >= 0.3 is 0 Å². The van der Waals surface area contributed by atoms with Gasteiger partial charge < -0.3 is 9.64 Å². The Labute approximate surface area is 181 Å². The Morgan fingerprint density at radius 3 is 2.39 bits per heavy atom. The molecule has 0 aliphatic heterocycles. The molecule has 0 heterocycles. The van der Waals surface area contributed by atoms with Gasteiger partial charge in [0.1, 0.15) is 18.4 Å². The molecular weight excluding hydrogens is 392 g/mol. The summed E-state index contributed by atoms with van der Waals surface area (Å²) in [6, 6.07) is 21.4. The van der Waals surface area contributed by atoms with Crippen LogP contribution in [0.2, 0.25) is 0 Å². The second kappa shape index (κ2) is 8.40. The molecule has 0 unspecified atom stereocenters. The lowest BCUT2D eigenvalue weighted by atomic mass is 9.94. The van der Waals surface area contributed by atoms with Crippen molar-refractivity contribution in [3.8, 4) is 5.75 Å². The summed E-state index contributed by atoms with van der Waals surface area (Å²) in [5.41, 5.74) is 3.01. The van der Waals surface area contributed by atoms with Crippen molar-refractivity contribution in [2.45, 2.75) is 37.8 Å². The number of nitrogens with one attached hydrogen (secondary N) is 1. The summed E-state index contributed by atoms with van der Waals surface area (Å²) in [5, 5.41) is 11.2. The Bertz CT molecular complexity index is 1110. The van der Waals surface area contributed by atoms with Gasteiger partial charge in [-0.3, -0.25) is 14.8 Å². The first kappa shape index (κ1) is 20.9. The van der Waals surface area contributed by atoms with E-state index in [1.54, 1.807) is 19.5 Å². The topological polar surface area (TPSA) is 78.9 Å². The van der Waals surface area contributed by atoms with Gasteiger partial charge in [0.2, 0.25) is 5.91 Å². The molecule has 6 nitrogen and oxygen atoms in total. The molecule has 1 atom stereocenters. The van der Waals surface area contributed by atoms with Crippen LogP contribution in [0.3, 0.4) is 0 Å². The third-order valence-corrected chi connectivity index (χ3v) is 6.18. The zero-order valence-electron chi connectivity index (χ0n) is 17.7. The first-order valence-electron chi connectivity index (χ1n) is 10.4. The lowest BCUT2D eigenvalue weighted by Gasteiger charge is -2.28. The molecule has 3 aromatic carbocycles. The maximum absolute atomic E-state index is 13.0. The van der Waals surface area contributed by atoms with Gasteiger partial charge in [0.05, 0.1) is 5.41 Å². The number of hydrogen-bond donors (Lipinski definition) is 2. The summed E-state index contributed by atoms with van der Waals surface area (Å²) in [6.07, 6.45) is 1.47. The van der Waals surface area contributed by atoms with E-state index in [9.17, 15) is 9.59 Å². The lowest BCUT2D eigenvalue weighted by molar-refractivity contribution is -0.143. The fourth-order valence-electron chi connectivity index (χ4n) is 3.90. The van der Waals surface area contributed by atoms with Gasteiger partial charge in [-0.2, -0.15) is 0 Å². The number of fused-ring (bicyclic) bond motifs is 1. The minimum Gasteiger partial charge on any atom is -0.489 e. The number of benzene rings is 3. The van der Waals surface area contributed by atoms with Crippen LogP contribution in [-0.4, -0.2) is 35.0 Å². The highest BCUT2D eigenvalue weighted by atomic mass is 16.5. The summed E-state index contributed by atoms with van der Waals surface area (Å²) in [4.78, 5) is 26.1. The standard InChI is InChI=1S/C25H26N2O4/c1-17(23(28)26-30)27(2)24(29)25(13-14-25)21-9-11-22(12-10-21)31-16-18-7-8-19-5-3-4-6-20(19)15-18/h3-12,15,17,30H,13-14,16H2,1-2H3,(H,26,28)/t17-/m0/s1. The van der Waals surface area contributed by atoms with Gasteiger partial charge in [-0.15, -0.1) is 0 Å². The summed E-state index contributed by atoms with van der Waals surface area (Å²) in [7, 11) is 1.59. The van der Waals surface area contributed by atoms with Crippen molar-refractivity contribution in [1.82, 2.24) is 10.4 Å². The van der Waals surface area contributed by atoms with Crippen LogP contribution in [0.1, 0.15) is 30.9 Å². The lowest BCUT2D eigenvalue weighted by Crippen LogP contribution is -2.48. The van der Waals surface area contributed by atoms with Crippen molar-refractivity contribution in [2.24, 2.45) is 0 Å². The van der Waals surface area contributed by atoms with Crippen LogP contribution in [-0.2, 0) is 21.6 Å². The number of rotatable bonds is 7. The van der Waals surface area contributed by atoms with E-state index in [2.05, 4.69) is 30.3 Å². The number of likely N-dealkylation sites (N-methyl/N-ethyl adjacent to an activating group) is 1. The second-order valence-electron chi connectivity index (χ2n) is 8.14. The van der Waals surface area contributed by atoms with Crippen molar-refractivity contribution in [3.63, 3.8) is 0 Å². The van der Waals surface area contributed by atoms with Gasteiger partial charge in [-0.1, -0.05) is 48.5 Å². The Hall–Kier alpha value is -3.38. The van der Waals surface area contributed by atoms with E-state index in [0.29, 0.717) is 6.61 Å².